The van der Waals surface area contributed by atoms with Crippen LogP contribution in [0.4, 0.5) is 0 Å². The molecule has 0 aliphatic carbocycles. The Kier molecular flexibility index (Phi) is 8.95. The smallest absolute Gasteiger partial charge is 0.220 e. The minimum atomic E-state index is -3.24. The van der Waals surface area contributed by atoms with Crippen LogP contribution in [0.2, 0.25) is 0 Å². The lowest BCUT2D eigenvalue weighted by atomic mass is 9.96. The largest absolute Gasteiger partial charge is 0.355 e. The molecule has 1 unspecified atom stereocenters. The molecule has 1 atom stereocenters. The van der Waals surface area contributed by atoms with Crippen LogP contribution in [0.3, 0.4) is 0 Å². The van der Waals surface area contributed by atoms with Crippen molar-refractivity contribution < 1.29 is 13.2 Å². The molecule has 0 aromatic heterocycles. The second-order valence-corrected chi connectivity index (χ2v) is 6.31. The van der Waals surface area contributed by atoms with Gasteiger partial charge in [-0.25, -0.2) is 13.1 Å². The van der Waals surface area contributed by atoms with Gasteiger partial charge in [0.25, 0.3) is 0 Å². The van der Waals surface area contributed by atoms with Gasteiger partial charge < -0.3 is 11.1 Å². The van der Waals surface area contributed by atoms with E-state index in [1.165, 1.54) is 7.05 Å². The summed E-state index contributed by atoms with van der Waals surface area (Å²) in [6.07, 6.45) is 3.17. The highest BCUT2D eigenvalue weighted by Crippen LogP contribution is 2.14. The molecule has 18 heavy (non-hydrogen) atoms. The Morgan fingerprint density at radius 3 is 2.50 bits per heavy atom. The van der Waals surface area contributed by atoms with E-state index in [2.05, 4.69) is 17.0 Å². The zero-order valence-corrected chi connectivity index (χ0v) is 12.1. The highest BCUT2D eigenvalue weighted by Gasteiger charge is 2.10. The van der Waals surface area contributed by atoms with Crippen LogP contribution in [0.25, 0.3) is 0 Å². The molecule has 0 radical (unpaired) electrons. The quantitative estimate of drug-likeness (QED) is 0.516. The fourth-order valence-corrected chi connectivity index (χ4v) is 2.21. The van der Waals surface area contributed by atoms with Gasteiger partial charge in [0.15, 0.2) is 0 Å². The van der Waals surface area contributed by atoms with Gasteiger partial charge in [-0.2, -0.15) is 0 Å². The predicted octanol–water partition coefficient (Wildman–Crippen LogP) is -0.193. The third kappa shape index (κ3) is 8.43. The average molecular weight is 279 g/mol. The molecule has 1 amide bonds. The summed E-state index contributed by atoms with van der Waals surface area (Å²) >= 11 is 0. The standard InChI is InChI=1S/C11H25N3O3S/c1-3-10(6-7-12)4-5-11(15)14-8-9-18(16,17)13-2/h10,13H,3-9,12H2,1-2H3,(H,14,15). The van der Waals surface area contributed by atoms with Gasteiger partial charge in [-0.1, -0.05) is 13.3 Å². The van der Waals surface area contributed by atoms with Crippen molar-refractivity contribution in [1.82, 2.24) is 10.0 Å². The van der Waals surface area contributed by atoms with Gasteiger partial charge in [-0.3, -0.25) is 4.79 Å². The Bertz CT molecular complexity index is 330. The van der Waals surface area contributed by atoms with Gasteiger partial charge in [-0.05, 0) is 32.4 Å². The molecule has 0 bridgehead atoms. The van der Waals surface area contributed by atoms with E-state index in [0.717, 1.165) is 19.3 Å². The van der Waals surface area contributed by atoms with Crippen LogP contribution < -0.4 is 15.8 Å². The number of hydrogen-bond acceptors (Lipinski definition) is 4. The number of carbonyl (C=O) groups is 1. The Morgan fingerprint density at radius 2 is 2.00 bits per heavy atom. The second-order valence-electron chi connectivity index (χ2n) is 4.26. The van der Waals surface area contributed by atoms with Crippen LogP contribution in [-0.2, 0) is 14.8 Å². The van der Waals surface area contributed by atoms with Crippen LogP contribution in [0.1, 0.15) is 32.6 Å². The maximum Gasteiger partial charge on any atom is 0.220 e. The lowest BCUT2D eigenvalue weighted by Gasteiger charge is -2.13. The fraction of sp³-hybridized carbons (Fsp3) is 0.909. The van der Waals surface area contributed by atoms with Crippen molar-refractivity contribution >= 4 is 15.9 Å². The average Bonchev–Trinajstić information content (AvgIpc) is 2.34. The number of sulfonamides is 1. The van der Waals surface area contributed by atoms with Crippen LogP contribution >= 0.6 is 0 Å². The third-order valence-corrected chi connectivity index (χ3v) is 4.30. The molecule has 0 aliphatic rings. The number of nitrogens with one attached hydrogen (secondary N) is 2. The molecule has 0 saturated carbocycles. The number of carbonyl (C=O) groups excluding carboxylic acids is 1. The summed E-state index contributed by atoms with van der Waals surface area (Å²) in [5.41, 5.74) is 5.48. The molecule has 0 rings (SSSR count). The zero-order chi connectivity index (χ0) is 14.0. The van der Waals surface area contributed by atoms with Crippen molar-refractivity contribution in [3.05, 3.63) is 0 Å². The van der Waals surface area contributed by atoms with E-state index in [1.807, 2.05) is 0 Å². The molecule has 0 aromatic carbocycles. The second kappa shape index (κ2) is 9.29. The van der Waals surface area contributed by atoms with Gasteiger partial charge in [-0.15, -0.1) is 0 Å². The van der Waals surface area contributed by atoms with Crippen molar-refractivity contribution in [2.45, 2.75) is 32.6 Å². The summed E-state index contributed by atoms with van der Waals surface area (Å²) < 4.78 is 24.4. The highest BCUT2D eigenvalue weighted by molar-refractivity contribution is 7.89. The first-order valence-corrected chi connectivity index (χ1v) is 7.98. The number of nitrogens with two attached hydrogens (primary N) is 1. The zero-order valence-electron chi connectivity index (χ0n) is 11.2. The Morgan fingerprint density at radius 1 is 1.33 bits per heavy atom. The third-order valence-electron chi connectivity index (χ3n) is 2.94. The highest BCUT2D eigenvalue weighted by atomic mass is 32.2. The molecular weight excluding hydrogens is 254 g/mol. The maximum absolute atomic E-state index is 11.5. The topological polar surface area (TPSA) is 101 Å². The summed E-state index contributed by atoms with van der Waals surface area (Å²) in [5, 5.41) is 2.61. The molecule has 0 heterocycles. The summed E-state index contributed by atoms with van der Waals surface area (Å²) in [5.74, 6) is 0.286. The van der Waals surface area contributed by atoms with Crippen LogP contribution in [0, 0.1) is 5.92 Å². The van der Waals surface area contributed by atoms with Gasteiger partial charge in [0.1, 0.15) is 0 Å². The van der Waals surface area contributed by atoms with E-state index in [1.54, 1.807) is 0 Å². The first-order chi connectivity index (χ1) is 8.45. The van der Waals surface area contributed by atoms with E-state index < -0.39 is 10.0 Å². The van der Waals surface area contributed by atoms with Crippen LogP contribution in [-0.4, -0.2) is 40.2 Å². The molecule has 108 valence electrons. The van der Waals surface area contributed by atoms with Crippen molar-refractivity contribution in [3.63, 3.8) is 0 Å². The van der Waals surface area contributed by atoms with Gasteiger partial charge in [0, 0.05) is 13.0 Å². The minimum Gasteiger partial charge on any atom is -0.355 e. The van der Waals surface area contributed by atoms with E-state index in [0.29, 0.717) is 18.9 Å². The minimum absolute atomic E-state index is 0.0880. The fourth-order valence-electron chi connectivity index (χ4n) is 1.64. The SMILES string of the molecule is CCC(CCN)CCC(=O)NCCS(=O)(=O)NC. The molecule has 0 aromatic rings. The molecule has 0 fully saturated rings. The molecule has 0 spiro atoms. The molecule has 7 heteroatoms. The molecular formula is C11H25N3O3S. The summed E-state index contributed by atoms with van der Waals surface area (Å²) in [4.78, 5) is 11.5. The molecule has 4 N–H and O–H groups in total. The lowest BCUT2D eigenvalue weighted by Crippen LogP contribution is -2.33. The maximum atomic E-state index is 11.5. The van der Waals surface area contributed by atoms with E-state index in [-0.39, 0.29) is 18.2 Å². The molecule has 6 nitrogen and oxygen atoms in total. The summed E-state index contributed by atoms with van der Waals surface area (Å²) in [6.45, 7) is 2.87. The Labute approximate surface area is 110 Å². The van der Waals surface area contributed by atoms with Crippen molar-refractivity contribution in [2.75, 3.05) is 25.9 Å². The van der Waals surface area contributed by atoms with Crippen LogP contribution in [0.5, 0.6) is 0 Å². The first-order valence-electron chi connectivity index (χ1n) is 6.33. The van der Waals surface area contributed by atoms with Gasteiger partial charge in [0.05, 0.1) is 5.75 Å². The number of hydrogen-bond donors (Lipinski definition) is 3. The Balaban J connectivity index is 3.78. The van der Waals surface area contributed by atoms with Crippen molar-refractivity contribution in [2.24, 2.45) is 11.7 Å². The van der Waals surface area contributed by atoms with Crippen LogP contribution in [0.15, 0.2) is 0 Å². The molecule has 0 saturated heterocycles. The first kappa shape index (κ1) is 17.3. The number of rotatable bonds is 10. The Hall–Kier alpha value is -0.660. The van der Waals surface area contributed by atoms with Crippen molar-refractivity contribution in [3.8, 4) is 0 Å². The monoisotopic (exact) mass is 279 g/mol. The number of amides is 1. The van der Waals surface area contributed by atoms with Crippen molar-refractivity contribution in [1.29, 1.82) is 0 Å². The van der Waals surface area contributed by atoms with Gasteiger partial charge >= 0.3 is 0 Å². The van der Waals surface area contributed by atoms with Gasteiger partial charge in [0.2, 0.25) is 15.9 Å². The summed E-state index contributed by atoms with van der Waals surface area (Å²) in [7, 11) is -1.88. The predicted molar refractivity (Wildman–Crippen MR) is 72.5 cm³/mol. The van der Waals surface area contributed by atoms with E-state index in [9.17, 15) is 13.2 Å². The van der Waals surface area contributed by atoms with E-state index in [4.69, 9.17) is 5.73 Å². The normalized spacial score (nSPS) is 13.3. The summed E-state index contributed by atoms with van der Waals surface area (Å²) in [6, 6.07) is 0. The molecule has 0 aliphatic heterocycles. The van der Waals surface area contributed by atoms with E-state index >= 15 is 0 Å². The lowest BCUT2D eigenvalue weighted by molar-refractivity contribution is -0.121.